The fourth-order valence-corrected chi connectivity index (χ4v) is 1.32. The largest absolute Gasteiger partial charge is 0.378 e. The molecule has 0 aromatic rings. The van der Waals surface area contributed by atoms with Crippen molar-refractivity contribution in [1.82, 2.24) is 5.32 Å². The number of hydrogen-bond donors (Lipinski definition) is 1. The Morgan fingerprint density at radius 2 is 2.07 bits per heavy atom. The molecule has 74 valence electrons. The average Bonchev–Trinajstić information content (AvgIpc) is 2.14. The predicted octanol–water partition coefficient (Wildman–Crippen LogP) is 1.13. The average molecular weight is 191 g/mol. The molecule has 0 bridgehead atoms. The highest BCUT2D eigenvalue weighted by atomic mass is 16.1. The second kappa shape index (κ2) is 4.05. The molecule has 0 radical (unpaired) electrons. The lowest BCUT2D eigenvalue weighted by Gasteiger charge is -2.15. The summed E-state index contributed by atoms with van der Waals surface area (Å²) >= 11 is 0. The van der Waals surface area contributed by atoms with Gasteiger partial charge in [-0.3, -0.25) is 9.59 Å². The van der Waals surface area contributed by atoms with Crippen molar-refractivity contribution in [3.05, 3.63) is 35.6 Å². The summed E-state index contributed by atoms with van der Waals surface area (Å²) in [6.45, 7) is 7.32. The van der Waals surface area contributed by atoms with E-state index in [2.05, 4.69) is 11.9 Å². The van der Waals surface area contributed by atoms with Crippen LogP contribution in [-0.2, 0) is 9.59 Å². The van der Waals surface area contributed by atoms with E-state index in [1.54, 1.807) is 19.9 Å². The Hall–Kier alpha value is -1.64. The van der Waals surface area contributed by atoms with Gasteiger partial charge in [0.2, 0.25) is 5.78 Å². The van der Waals surface area contributed by atoms with Crippen LogP contribution >= 0.6 is 0 Å². The standard InChI is InChI=1S/C11H13NO2/c1-4-5-12-10-8(3)11(14)7(2)6-9(10)13/h4,6,12H,1,5H2,2-3H3. The molecule has 1 aliphatic carbocycles. The van der Waals surface area contributed by atoms with Gasteiger partial charge in [-0.05, 0) is 19.9 Å². The molecule has 1 N–H and O–H groups in total. The number of carbonyl (C=O) groups excluding carboxylic acids is 2. The van der Waals surface area contributed by atoms with Gasteiger partial charge in [0, 0.05) is 17.7 Å². The van der Waals surface area contributed by atoms with E-state index < -0.39 is 0 Å². The third-order valence-corrected chi connectivity index (χ3v) is 2.09. The van der Waals surface area contributed by atoms with Gasteiger partial charge in [0.05, 0.1) is 5.70 Å². The zero-order chi connectivity index (χ0) is 10.7. The second-order valence-corrected chi connectivity index (χ2v) is 3.19. The maximum absolute atomic E-state index is 11.5. The molecule has 0 saturated carbocycles. The van der Waals surface area contributed by atoms with Gasteiger partial charge in [-0.2, -0.15) is 0 Å². The van der Waals surface area contributed by atoms with Crippen LogP contribution in [0.15, 0.2) is 35.6 Å². The van der Waals surface area contributed by atoms with E-state index in [0.29, 0.717) is 23.4 Å². The van der Waals surface area contributed by atoms with Crippen LogP contribution in [0.25, 0.3) is 0 Å². The summed E-state index contributed by atoms with van der Waals surface area (Å²) in [6, 6.07) is 0. The molecule has 1 aliphatic rings. The summed E-state index contributed by atoms with van der Waals surface area (Å²) in [4.78, 5) is 23.0. The molecular weight excluding hydrogens is 178 g/mol. The van der Waals surface area contributed by atoms with E-state index in [9.17, 15) is 9.59 Å². The number of ketones is 2. The van der Waals surface area contributed by atoms with E-state index in [-0.39, 0.29) is 11.6 Å². The van der Waals surface area contributed by atoms with Gasteiger partial charge in [-0.25, -0.2) is 0 Å². The maximum Gasteiger partial charge on any atom is 0.202 e. The van der Waals surface area contributed by atoms with Crippen LogP contribution in [0.1, 0.15) is 13.8 Å². The Morgan fingerprint density at radius 1 is 1.43 bits per heavy atom. The minimum absolute atomic E-state index is 0.0730. The SMILES string of the molecule is C=CCNC1=C(C)C(=O)C(C)=CC1=O. The summed E-state index contributed by atoms with van der Waals surface area (Å²) in [5.41, 5.74) is 1.37. The zero-order valence-electron chi connectivity index (χ0n) is 8.39. The van der Waals surface area contributed by atoms with E-state index in [4.69, 9.17) is 0 Å². The number of carbonyl (C=O) groups is 2. The molecule has 0 amide bonds. The molecular formula is C11H13NO2. The van der Waals surface area contributed by atoms with Gasteiger partial charge >= 0.3 is 0 Å². The molecule has 0 saturated heterocycles. The summed E-state index contributed by atoms with van der Waals surface area (Å²) in [6.07, 6.45) is 3.00. The lowest BCUT2D eigenvalue weighted by atomic mass is 9.95. The van der Waals surface area contributed by atoms with Gasteiger partial charge in [0.1, 0.15) is 0 Å². The molecule has 0 spiro atoms. The maximum atomic E-state index is 11.5. The third kappa shape index (κ3) is 1.82. The van der Waals surface area contributed by atoms with Crippen LogP contribution < -0.4 is 5.32 Å². The van der Waals surface area contributed by atoms with Crippen molar-refractivity contribution in [2.45, 2.75) is 13.8 Å². The molecule has 0 aliphatic heterocycles. The van der Waals surface area contributed by atoms with Gasteiger partial charge in [0.25, 0.3) is 0 Å². The lowest BCUT2D eigenvalue weighted by Crippen LogP contribution is -2.27. The summed E-state index contributed by atoms with van der Waals surface area (Å²) < 4.78 is 0. The predicted molar refractivity (Wildman–Crippen MR) is 54.7 cm³/mol. The molecule has 3 heteroatoms. The monoisotopic (exact) mass is 191 g/mol. The highest BCUT2D eigenvalue weighted by Crippen LogP contribution is 2.16. The molecule has 0 aromatic carbocycles. The van der Waals surface area contributed by atoms with Crippen LogP contribution in [0.4, 0.5) is 0 Å². The first-order valence-corrected chi connectivity index (χ1v) is 4.41. The molecule has 0 heterocycles. The molecule has 0 unspecified atom stereocenters. The van der Waals surface area contributed by atoms with Gasteiger partial charge < -0.3 is 5.32 Å². The highest BCUT2D eigenvalue weighted by Gasteiger charge is 2.22. The van der Waals surface area contributed by atoms with Crippen molar-refractivity contribution >= 4 is 11.6 Å². The minimum atomic E-state index is -0.138. The smallest absolute Gasteiger partial charge is 0.202 e. The second-order valence-electron chi connectivity index (χ2n) is 3.19. The Balaban J connectivity index is 2.97. The Bertz CT molecular complexity index is 361. The number of rotatable bonds is 3. The number of allylic oxidation sites excluding steroid dienone is 3. The van der Waals surface area contributed by atoms with Crippen LogP contribution in [-0.4, -0.2) is 18.1 Å². The van der Waals surface area contributed by atoms with E-state index in [1.165, 1.54) is 6.08 Å². The van der Waals surface area contributed by atoms with Gasteiger partial charge in [0.15, 0.2) is 5.78 Å². The lowest BCUT2D eigenvalue weighted by molar-refractivity contribution is -0.116. The molecule has 0 atom stereocenters. The van der Waals surface area contributed by atoms with Crippen LogP contribution in [0, 0.1) is 0 Å². The van der Waals surface area contributed by atoms with Gasteiger partial charge in [-0.15, -0.1) is 6.58 Å². The summed E-state index contributed by atoms with van der Waals surface area (Å²) in [7, 11) is 0. The van der Waals surface area contributed by atoms with E-state index in [1.807, 2.05) is 0 Å². The van der Waals surface area contributed by atoms with Crippen molar-refractivity contribution in [2.75, 3.05) is 6.54 Å². The summed E-state index contributed by atoms with van der Waals surface area (Å²) in [5, 5.41) is 2.87. The molecule has 14 heavy (non-hydrogen) atoms. The number of Topliss-reactive ketones (excluding diaryl/α,β-unsaturated/α-hetero) is 1. The normalized spacial score (nSPS) is 16.9. The fourth-order valence-electron chi connectivity index (χ4n) is 1.32. The quantitative estimate of drug-likeness (QED) is 0.537. The van der Waals surface area contributed by atoms with E-state index in [0.717, 1.165) is 0 Å². The molecule has 0 aromatic heterocycles. The molecule has 3 nitrogen and oxygen atoms in total. The van der Waals surface area contributed by atoms with Crippen molar-refractivity contribution in [2.24, 2.45) is 0 Å². The van der Waals surface area contributed by atoms with E-state index >= 15 is 0 Å². The number of nitrogens with one attached hydrogen (secondary N) is 1. The third-order valence-electron chi connectivity index (χ3n) is 2.09. The number of hydrogen-bond acceptors (Lipinski definition) is 3. The van der Waals surface area contributed by atoms with Crippen molar-refractivity contribution in [3.8, 4) is 0 Å². The first-order valence-electron chi connectivity index (χ1n) is 4.41. The zero-order valence-corrected chi connectivity index (χ0v) is 8.39. The van der Waals surface area contributed by atoms with Crippen LogP contribution in [0.3, 0.4) is 0 Å². The van der Waals surface area contributed by atoms with Gasteiger partial charge in [-0.1, -0.05) is 6.08 Å². The van der Waals surface area contributed by atoms with Crippen molar-refractivity contribution in [1.29, 1.82) is 0 Å². The molecule has 0 fully saturated rings. The Kier molecular flexibility index (Phi) is 3.02. The minimum Gasteiger partial charge on any atom is -0.378 e. The fraction of sp³-hybridized carbons (Fsp3) is 0.273. The first kappa shape index (κ1) is 10.4. The summed E-state index contributed by atoms with van der Waals surface area (Å²) in [5.74, 6) is -0.211. The Labute approximate surface area is 83.2 Å². The van der Waals surface area contributed by atoms with Crippen LogP contribution in [0.2, 0.25) is 0 Å². The highest BCUT2D eigenvalue weighted by molar-refractivity contribution is 6.21. The van der Waals surface area contributed by atoms with Crippen molar-refractivity contribution in [3.63, 3.8) is 0 Å². The van der Waals surface area contributed by atoms with Crippen molar-refractivity contribution < 1.29 is 9.59 Å². The topological polar surface area (TPSA) is 46.2 Å². The molecule has 1 rings (SSSR count). The first-order chi connectivity index (χ1) is 6.57. The van der Waals surface area contributed by atoms with Crippen LogP contribution in [0.5, 0.6) is 0 Å². The Morgan fingerprint density at radius 3 is 2.64 bits per heavy atom.